The Morgan fingerprint density at radius 1 is 1.12 bits per heavy atom. The lowest BCUT2D eigenvalue weighted by Gasteiger charge is -2.04. The van der Waals surface area contributed by atoms with Crippen LogP contribution in [0.5, 0.6) is 11.5 Å². The first kappa shape index (κ1) is 17.3. The third-order valence-corrected chi connectivity index (χ3v) is 4.18. The van der Waals surface area contributed by atoms with Crippen LogP contribution in [0.1, 0.15) is 0 Å². The van der Waals surface area contributed by atoms with Gasteiger partial charge in [-0.2, -0.15) is 0 Å². The van der Waals surface area contributed by atoms with Crippen molar-refractivity contribution in [2.45, 2.75) is 0 Å². The summed E-state index contributed by atoms with van der Waals surface area (Å²) in [6, 6.07) is 15.2. The fourth-order valence-electron chi connectivity index (χ4n) is 2.11. The normalized spacial score (nSPS) is 10.8. The number of hydrogen-bond acceptors (Lipinski definition) is 6. The van der Waals surface area contributed by atoms with Crippen molar-refractivity contribution in [2.24, 2.45) is 0 Å². The lowest BCUT2D eigenvalue weighted by Crippen LogP contribution is -2.19. The fourth-order valence-corrected chi connectivity index (χ4v) is 3.02. The van der Waals surface area contributed by atoms with Crippen LogP contribution >= 0.6 is 11.3 Å². The van der Waals surface area contributed by atoms with Crippen LogP contribution in [0.25, 0.3) is 10.2 Å². The van der Waals surface area contributed by atoms with Gasteiger partial charge in [-0.05, 0) is 24.3 Å². The van der Waals surface area contributed by atoms with Gasteiger partial charge in [0.25, 0.3) is 5.91 Å². The largest absolute Gasteiger partial charge is 0.457 e. The number of para-hydroxylation sites is 1. The molecule has 0 bridgehead atoms. The number of benzene rings is 2. The quantitative estimate of drug-likeness (QED) is 0.622. The summed E-state index contributed by atoms with van der Waals surface area (Å²) in [6.07, 6.45) is 0. The van der Waals surface area contributed by atoms with Crippen molar-refractivity contribution in [1.82, 2.24) is 4.98 Å². The van der Waals surface area contributed by atoms with Crippen LogP contribution in [0.2, 0.25) is 0 Å². The number of nitrogens with zero attached hydrogens (tertiary/aromatic N) is 1. The third-order valence-electron chi connectivity index (χ3n) is 3.25. The molecule has 0 fully saturated rings. The Labute approximate surface area is 149 Å². The van der Waals surface area contributed by atoms with Crippen molar-refractivity contribution in [2.75, 3.05) is 32.2 Å². The maximum Gasteiger partial charge on any atom is 0.252 e. The molecule has 1 amide bonds. The second-order valence-electron chi connectivity index (χ2n) is 5.16. The smallest absolute Gasteiger partial charge is 0.252 e. The number of hydrogen-bond donors (Lipinski definition) is 1. The molecule has 0 saturated heterocycles. The summed E-state index contributed by atoms with van der Waals surface area (Å²) in [5.41, 5.74) is 0.806. The zero-order chi connectivity index (χ0) is 17.5. The summed E-state index contributed by atoms with van der Waals surface area (Å²) in [4.78, 5) is 16.2. The molecule has 3 rings (SSSR count). The van der Waals surface area contributed by atoms with Crippen LogP contribution in [-0.2, 0) is 14.3 Å². The highest BCUT2D eigenvalue weighted by molar-refractivity contribution is 7.22. The van der Waals surface area contributed by atoms with Crippen molar-refractivity contribution in [3.63, 3.8) is 0 Å². The Kier molecular flexibility index (Phi) is 5.95. The fraction of sp³-hybridized carbons (Fsp3) is 0.222. The second kappa shape index (κ2) is 8.57. The van der Waals surface area contributed by atoms with Gasteiger partial charge in [0.15, 0.2) is 5.13 Å². The average Bonchev–Trinajstić information content (AvgIpc) is 3.01. The molecule has 1 heterocycles. The van der Waals surface area contributed by atoms with Gasteiger partial charge >= 0.3 is 0 Å². The number of rotatable bonds is 8. The molecule has 1 aromatic heterocycles. The topological polar surface area (TPSA) is 69.7 Å². The molecule has 0 atom stereocenters. The van der Waals surface area contributed by atoms with Crippen LogP contribution in [0, 0.1) is 0 Å². The lowest BCUT2D eigenvalue weighted by atomic mass is 10.3. The maximum atomic E-state index is 11.8. The predicted molar refractivity (Wildman–Crippen MR) is 97.5 cm³/mol. The minimum absolute atomic E-state index is 0.0261. The number of thiazole rings is 1. The Hall–Kier alpha value is -2.48. The predicted octanol–water partition coefficient (Wildman–Crippen LogP) is 3.69. The first-order valence-corrected chi connectivity index (χ1v) is 8.56. The SMILES string of the molecule is COCCOCC(=O)Nc1nc2ccc(Oc3ccccc3)cc2s1. The van der Waals surface area contributed by atoms with Gasteiger partial charge in [-0.3, -0.25) is 10.1 Å². The van der Waals surface area contributed by atoms with Gasteiger partial charge in [0.1, 0.15) is 18.1 Å². The van der Waals surface area contributed by atoms with E-state index in [1.54, 1.807) is 7.11 Å². The van der Waals surface area contributed by atoms with Gasteiger partial charge < -0.3 is 14.2 Å². The maximum absolute atomic E-state index is 11.8. The molecular formula is C18H18N2O4S. The molecule has 0 unspecified atom stereocenters. The summed E-state index contributed by atoms with van der Waals surface area (Å²) in [5.74, 6) is 1.26. The Morgan fingerprint density at radius 3 is 2.76 bits per heavy atom. The van der Waals surface area contributed by atoms with Gasteiger partial charge in [-0.1, -0.05) is 29.5 Å². The highest BCUT2D eigenvalue weighted by atomic mass is 32.1. The summed E-state index contributed by atoms with van der Waals surface area (Å²) >= 11 is 1.39. The zero-order valence-corrected chi connectivity index (χ0v) is 14.5. The number of carbonyl (C=O) groups is 1. The first-order valence-electron chi connectivity index (χ1n) is 7.74. The summed E-state index contributed by atoms with van der Waals surface area (Å²) in [7, 11) is 1.58. The number of fused-ring (bicyclic) bond motifs is 1. The molecule has 1 N–H and O–H groups in total. The summed E-state index contributed by atoms with van der Waals surface area (Å²) in [6.45, 7) is 0.810. The molecule has 7 heteroatoms. The molecule has 25 heavy (non-hydrogen) atoms. The van der Waals surface area contributed by atoms with E-state index in [-0.39, 0.29) is 12.5 Å². The van der Waals surface area contributed by atoms with E-state index < -0.39 is 0 Å². The van der Waals surface area contributed by atoms with Crippen molar-refractivity contribution >= 4 is 32.6 Å². The van der Waals surface area contributed by atoms with Gasteiger partial charge in [0, 0.05) is 13.2 Å². The lowest BCUT2D eigenvalue weighted by molar-refractivity contribution is -0.121. The monoisotopic (exact) mass is 358 g/mol. The van der Waals surface area contributed by atoms with Crippen molar-refractivity contribution in [3.8, 4) is 11.5 Å². The van der Waals surface area contributed by atoms with Crippen molar-refractivity contribution < 1.29 is 19.0 Å². The Morgan fingerprint density at radius 2 is 1.96 bits per heavy atom. The van der Waals surface area contributed by atoms with Crippen LogP contribution < -0.4 is 10.1 Å². The van der Waals surface area contributed by atoms with Gasteiger partial charge in [-0.25, -0.2) is 4.98 Å². The number of nitrogens with one attached hydrogen (secondary N) is 1. The molecule has 3 aromatic rings. The number of aromatic nitrogens is 1. The highest BCUT2D eigenvalue weighted by Crippen LogP contribution is 2.31. The van der Waals surface area contributed by atoms with E-state index in [1.807, 2.05) is 48.5 Å². The average molecular weight is 358 g/mol. The Bertz CT molecular complexity index is 835. The second-order valence-corrected chi connectivity index (χ2v) is 6.19. The molecule has 0 aliphatic carbocycles. The van der Waals surface area contributed by atoms with Crippen molar-refractivity contribution in [3.05, 3.63) is 48.5 Å². The standard InChI is InChI=1S/C18H18N2O4S/c1-22-9-10-23-12-17(21)20-18-19-15-8-7-14(11-16(15)25-18)24-13-5-3-2-4-6-13/h2-8,11H,9-10,12H2,1H3,(H,19,20,21). The van der Waals surface area contributed by atoms with Crippen LogP contribution in [0.4, 0.5) is 5.13 Å². The molecule has 0 saturated carbocycles. The molecule has 0 radical (unpaired) electrons. The summed E-state index contributed by atoms with van der Waals surface area (Å²) < 4.78 is 16.8. The summed E-state index contributed by atoms with van der Waals surface area (Å²) in [5, 5.41) is 3.27. The molecule has 0 spiro atoms. The minimum Gasteiger partial charge on any atom is -0.457 e. The van der Waals surface area contributed by atoms with Crippen molar-refractivity contribution in [1.29, 1.82) is 0 Å². The van der Waals surface area contributed by atoms with E-state index in [2.05, 4.69) is 10.3 Å². The van der Waals surface area contributed by atoms with E-state index in [4.69, 9.17) is 14.2 Å². The van der Waals surface area contributed by atoms with Crippen LogP contribution in [0.15, 0.2) is 48.5 Å². The number of anilines is 1. The molecule has 2 aromatic carbocycles. The number of methoxy groups -OCH3 is 1. The number of amides is 1. The Balaban J connectivity index is 1.63. The van der Waals surface area contributed by atoms with Crippen LogP contribution in [0.3, 0.4) is 0 Å². The third kappa shape index (κ3) is 4.99. The van der Waals surface area contributed by atoms with Crippen LogP contribution in [-0.4, -0.2) is 37.8 Å². The molecule has 130 valence electrons. The molecule has 0 aliphatic rings. The van der Waals surface area contributed by atoms with E-state index in [9.17, 15) is 4.79 Å². The molecular weight excluding hydrogens is 340 g/mol. The van der Waals surface area contributed by atoms with Gasteiger partial charge in [0.05, 0.1) is 23.4 Å². The number of carbonyl (C=O) groups excluding carboxylic acids is 1. The van der Waals surface area contributed by atoms with E-state index in [1.165, 1.54) is 11.3 Å². The van der Waals surface area contributed by atoms with E-state index in [0.717, 1.165) is 21.7 Å². The molecule has 0 aliphatic heterocycles. The van der Waals surface area contributed by atoms with E-state index >= 15 is 0 Å². The molecule has 6 nitrogen and oxygen atoms in total. The first-order chi connectivity index (χ1) is 12.2. The minimum atomic E-state index is -0.240. The zero-order valence-electron chi connectivity index (χ0n) is 13.7. The number of ether oxygens (including phenoxy) is 3. The highest BCUT2D eigenvalue weighted by Gasteiger charge is 2.09. The van der Waals surface area contributed by atoms with E-state index in [0.29, 0.717) is 18.3 Å². The van der Waals surface area contributed by atoms with Gasteiger partial charge in [0.2, 0.25) is 0 Å². The van der Waals surface area contributed by atoms with Gasteiger partial charge in [-0.15, -0.1) is 0 Å².